The van der Waals surface area contributed by atoms with Gasteiger partial charge >= 0.3 is 0 Å². The Bertz CT molecular complexity index is 586. The van der Waals surface area contributed by atoms with Crippen LogP contribution in [0.15, 0.2) is 42.5 Å². The van der Waals surface area contributed by atoms with Crippen molar-refractivity contribution in [3.05, 3.63) is 64.7 Å². The molecule has 0 heterocycles. The first-order chi connectivity index (χ1) is 9.08. The van der Waals surface area contributed by atoms with Crippen LogP contribution in [0.3, 0.4) is 0 Å². The SMILES string of the molecule is Cc1cc(C)c(C(=O)COc2ccccc2)cc1C. The van der Waals surface area contributed by atoms with Gasteiger partial charge in [-0.05, 0) is 55.7 Å². The van der Waals surface area contributed by atoms with Crippen molar-refractivity contribution in [1.29, 1.82) is 0 Å². The van der Waals surface area contributed by atoms with Gasteiger partial charge < -0.3 is 4.74 Å². The van der Waals surface area contributed by atoms with Gasteiger partial charge in [0.1, 0.15) is 5.75 Å². The summed E-state index contributed by atoms with van der Waals surface area (Å²) in [5, 5.41) is 0. The van der Waals surface area contributed by atoms with E-state index >= 15 is 0 Å². The van der Waals surface area contributed by atoms with Crippen LogP contribution in [-0.4, -0.2) is 12.4 Å². The number of hydrogen-bond donors (Lipinski definition) is 0. The highest BCUT2D eigenvalue weighted by atomic mass is 16.5. The van der Waals surface area contributed by atoms with Gasteiger partial charge in [0.05, 0.1) is 0 Å². The van der Waals surface area contributed by atoms with Crippen molar-refractivity contribution in [2.45, 2.75) is 20.8 Å². The molecule has 0 fully saturated rings. The van der Waals surface area contributed by atoms with Gasteiger partial charge in [0.25, 0.3) is 0 Å². The summed E-state index contributed by atoms with van der Waals surface area (Å²) in [4.78, 5) is 12.2. The first-order valence-electron chi connectivity index (χ1n) is 6.37. The van der Waals surface area contributed by atoms with Crippen LogP contribution >= 0.6 is 0 Å². The van der Waals surface area contributed by atoms with E-state index in [2.05, 4.69) is 6.92 Å². The Balaban J connectivity index is 2.10. The fourth-order valence-corrected chi connectivity index (χ4v) is 2.00. The minimum Gasteiger partial charge on any atom is -0.485 e. The third kappa shape index (κ3) is 3.22. The zero-order chi connectivity index (χ0) is 13.8. The zero-order valence-corrected chi connectivity index (χ0v) is 11.6. The van der Waals surface area contributed by atoms with Crippen LogP contribution in [0.2, 0.25) is 0 Å². The molecule has 0 radical (unpaired) electrons. The monoisotopic (exact) mass is 254 g/mol. The Morgan fingerprint density at radius 1 is 0.947 bits per heavy atom. The van der Waals surface area contributed by atoms with E-state index in [0.29, 0.717) is 0 Å². The molecule has 0 saturated carbocycles. The Labute approximate surface area is 114 Å². The highest BCUT2D eigenvalue weighted by Crippen LogP contribution is 2.16. The molecule has 0 aromatic heterocycles. The predicted octanol–water partition coefficient (Wildman–Crippen LogP) is 3.87. The summed E-state index contributed by atoms with van der Waals surface area (Å²) >= 11 is 0. The first-order valence-corrected chi connectivity index (χ1v) is 6.37. The molecule has 0 bridgehead atoms. The lowest BCUT2D eigenvalue weighted by molar-refractivity contribution is 0.0921. The molecule has 2 aromatic carbocycles. The van der Waals surface area contributed by atoms with Crippen molar-refractivity contribution in [1.82, 2.24) is 0 Å². The molecule has 2 nitrogen and oxygen atoms in total. The number of aryl methyl sites for hydroxylation is 3. The smallest absolute Gasteiger partial charge is 0.200 e. The number of para-hydroxylation sites is 1. The van der Waals surface area contributed by atoms with Crippen molar-refractivity contribution in [2.24, 2.45) is 0 Å². The number of hydrogen-bond acceptors (Lipinski definition) is 2. The Morgan fingerprint density at radius 2 is 1.58 bits per heavy atom. The lowest BCUT2D eigenvalue weighted by Crippen LogP contribution is -2.13. The number of ether oxygens (including phenoxy) is 1. The van der Waals surface area contributed by atoms with E-state index in [0.717, 1.165) is 22.4 Å². The summed E-state index contributed by atoms with van der Waals surface area (Å²) in [7, 11) is 0. The average molecular weight is 254 g/mol. The summed E-state index contributed by atoms with van der Waals surface area (Å²) in [5.74, 6) is 0.738. The van der Waals surface area contributed by atoms with Crippen LogP contribution in [0.25, 0.3) is 0 Å². The van der Waals surface area contributed by atoms with Crippen LogP contribution in [0.5, 0.6) is 5.75 Å². The molecule has 0 unspecified atom stereocenters. The molecule has 0 amide bonds. The molecule has 19 heavy (non-hydrogen) atoms. The Morgan fingerprint density at radius 3 is 2.26 bits per heavy atom. The first kappa shape index (κ1) is 13.3. The van der Waals surface area contributed by atoms with Gasteiger partial charge in [-0.25, -0.2) is 0 Å². The molecule has 0 spiro atoms. The van der Waals surface area contributed by atoms with E-state index in [4.69, 9.17) is 4.74 Å². The summed E-state index contributed by atoms with van der Waals surface area (Å²) in [6.07, 6.45) is 0. The number of benzene rings is 2. The van der Waals surface area contributed by atoms with Crippen LogP contribution in [0.1, 0.15) is 27.0 Å². The molecular weight excluding hydrogens is 236 g/mol. The number of Topliss-reactive ketones (excluding diaryl/α,β-unsaturated/α-hetero) is 1. The molecule has 2 heteroatoms. The largest absolute Gasteiger partial charge is 0.485 e. The number of ketones is 1. The van der Waals surface area contributed by atoms with Gasteiger partial charge in [-0.3, -0.25) is 4.79 Å². The van der Waals surface area contributed by atoms with Crippen molar-refractivity contribution in [3.8, 4) is 5.75 Å². The van der Waals surface area contributed by atoms with Gasteiger partial charge in [0.15, 0.2) is 12.4 Å². The van der Waals surface area contributed by atoms with Gasteiger partial charge in [-0.15, -0.1) is 0 Å². The fraction of sp³-hybridized carbons (Fsp3) is 0.235. The van der Waals surface area contributed by atoms with Crippen LogP contribution in [0, 0.1) is 20.8 Å². The highest BCUT2D eigenvalue weighted by Gasteiger charge is 2.11. The third-order valence-corrected chi connectivity index (χ3v) is 3.25. The molecule has 0 N–H and O–H groups in total. The second-order valence-corrected chi connectivity index (χ2v) is 4.78. The van der Waals surface area contributed by atoms with Crippen molar-refractivity contribution in [2.75, 3.05) is 6.61 Å². The summed E-state index contributed by atoms with van der Waals surface area (Å²) in [6.45, 7) is 6.11. The van der Waals surface area contributed by atoms with E-state index in [1.54, 1.807) is 0 Å². The standard InChI is InChI=1S/C17H18O2/c1-12-9-14(3)16(10-13(12)2)17(18)11-19-15-7-5-4-6-8-15/h4-10H,11H2,1-3H3. The van der Waals surface area contributed by atoms with E-state index in [9.17, 15) is 4.79 Å². The van der Waals surface area contributed by atoms with Crippen LogP contribution in [-0.2, 0) is 0 Å². The fourth-order valence-electron chi connectivity index (χ4n) is 2.00. The average Bonchev–Trinajstić information content (AvgIpc) is 2.41. The molecule has 2 aromatic rings. The second-order valence-electron chi connectivity index (χ2n) is 4.78. The van der Waals surface area contributed by atoms with Crippen LogP contribution in [0.4, 0.5) is 0 Å². The third-order valence-electron chi connectivity index (χ3n) is 3.25. The summed E-state index contributed by atoms with van der Waals surface area (Å²) in [5.41, 5.74) is 4.09. The topological polar surface area (TPSA) is 26.3 Å². The summed E-state index contributed by atoms with van der Waals surface area (Å²) < 4.78 is 5.50. The minimum atomic E-state index is 0.0180. The van der Waals surface area contributed by atoms with Gasteiger partial charge in [0, 0.05) is 5.56 Å². The maximum absolute atomic E-state index is 12.2. The second kappa shape index (κ2) is 5.70. The van der Waals surface area contributed by atoms with E-state index in [-0.39, 0.29) is 12.4 Å². The zero-order valence-electron chi connectivity index (χ0n) is 11.6. The maximum atomic E-state index is 12.2. The molecular formula is C17H18O2. The van der Waals surface area contributed by atoms with Crippen molar-refractivity contribution >= 4 is 5.78 Å². The Kier molecular flexibility index (Phi) is 4.00. The summed E-state index contributed by atoms with van der Waals surface area (Å²) in [6, 6.07) is 13.4. The number of carbonyl (C=O) groups is 1. The quantitative estimate of drug-likeness (QED) is 0.774. The van der Waals surface area contributed by atoms with Crippen molar-refractivity contribution in [3.63, 3.8) is 0 Å². The number of rotatable bonds is 4. The lowest BCUT2D eigenvalue weighted by Gasteiger charge is -2.10. The molecule has 98 valence electrons. The van der Waals surface area contributed by atoms with E-state index in [1.807, 2.05) is 56.3 Å². The van der Waals surface area contributed by atoms with Gasteiger partial charge in [0.2, 0.25) is 0 Å². The Hall–Kier alpha value is -2.09. The molecule has 0 atom stereocenters. The molecule has 0 aliphatic carbocycles. The van der Waals surface area contributed by atoms with Gasteiger partial charge in [-0.1, -0.05) is 24.3 Å². The van der Waals surface area contributed by atoms with E-state index in [1.165, 1.54) is 5.56 Å². The predicted molar refractivity (Wildman–Crippen MR) is 76.9 cm³/mol. The van der Waals surface area contributed by atoms with E-state index < -0.39 is 0 Å². The molecule has 2 rings (SSSR count). The van der Waals surface area contributed by atoms with Crippen molar-refractivity contribution < 1.29 is 9.53 Å². The number of carbonyl (C=O) groups excluding carboxylic acids is 1. The minimum absolute atomic E-state index is 0.0180. The molecule has 0 aliphatic heterocycles. The highest BCUT2D eigenvalue weighted by molar-refractivity contribution is 5.98. The van der Waals surface area contributed by atoms with Gasteiger partial charge in [-0.2, -0.15) is 0 Å². The lowest BCUT2D eigenvalue weighted by atomic mass is 9.98. The van der Waals surface area contributed by atoms with Crippen LogP contribution < -0.4 is 4.74 Å². The normalized spacial score (nSPS) is 10.3. The molecule has 0 aliphatic rings. The molecule has 0 saturated heterocycles. The maximum Gasteiger partial charge on any atom is 0.200 e.